The molecule has 1 heterocycles. The van der Waals surface area contributed by atoms with E-state index in [-0.39, 0.29) is 16.6 Å². The van der Waals surface area contributed by atoms with Crippen LogP contribution in [-0.4, -0.2) is 46.7 Å². The third kappa shape index (κ3) is 3.81. The minimum Gasteiger partial charge on any atom is -0.497 e. The van der Waals surface area contributed by atoms with Gasteiger partial charge in [-0.05, 0) is 24.3 Å². The average Bonchev–Trinajstić information content (AvgIpc) is 2.54. The van der Waals surface area contributed by atoms with Crippen molar-refractivity contribution < 1.29 is 17.9 Å². The Morgan fingerprint density at radius 2 is 1.74 bits per heavy atom. The number of sulfonamides is 1. The number of ether oxygens (including phenoxy) is 2. The van der Waals surface area contributed by atoms with E-state index in [1.165, 1.54) is 32.5 Å². The minimum atomic E-state index is -3.77. The second-order valence-corrected chi connectivity index (χ2v) is 6.45. The van der Waals surface area contributed by atoms with E-state index in [0.29, 0.717) is 11.6 Å². The third-order valence-electron chi connectivity index (χ3n) is 2.97. The Bertz CT molecular complexity index is 776. The normalized spacial score (nSPS) is 11.0. The summed E-state index contributed by atoms with van der Waals surface area (Å²) in [5.74, 6) is 0.972. The Labute approximate surface area is 135 Å². The largest absolute Gasteiger partial charge is 0.497 e. The molecule has 0 atom stereocenters. The topological polar surface area (TPSA) is 93.7 Å². The highest BCUT2D eigenvalue weighted by atomic mass is 32.2. The molecule has 0 aliphatic carbocycles. The fourth-order valence-corrected chi connectivity index (χ4v) is 2.87. The molecule has 23 heavy (non-hydrogen) atoms. The fourth-order valence-electron chi connectivity index (χ4n) is 1.83. The Hall–Kier alpha value is -2.55. The first kappa shape index (κ1) is 16.8. The van der Waals surface area contributed by atoms with Gasteiger partial charge in [-0.2, -0.15) is 4.98 Å². The molecule has 0 radical (unpaired) electrons. The standard InChI is InChI=1S/C14H18N4O4S/c1-18(2)13-12(9-15-14(16-13)22-4)17-23(19,20)11-7-5-10(21-3)6-8-11/h5-9,17H,1-4H3. The molecular formula is C14H18N4O4S. The highest BCUT2D eigenvalue weighted by molar-refractivity contribution is 7.92. The van der Waals surface area contributed by atoms with Crippen molar-refractivity contribution in [3.8, 4) is 11.8 Å². The molecule has 2 aromatic rings. The zero-order chi connectivity index (χ0) is 17.0. The summed E-state index contributed by atoms with van der Waals surface area (Å²) in [7, 11) is 2.67. The van der Waals surface area contributed by atoms with Crippen LogP contribution in [0.1, 0.15) is 0 Å². The number of benzene rings is 1. The van der Waals surface area contributed by atoms with Crippen molar-refractivity contribution in [2.75, 3.05) is 37.9 Å². The first-order chi connectivity index (χ1) is 10.9. The molecule has 0 saturated carbocycles. The molecule has 0 spiro atoms. The average molecular weight is 338 g/mol. The van der Waals surface area contributed by atoms with E-state index in [4.69, 9.17) is 9.47 Å². The number of hydrogen-bond donors (Lipinski definition) is 1. The van der Waals surface area contributed by atoms with Crippen molar-refractivity contribution in [1.29, 1.82) is 0 Å². The number of methoxy groups -OCH3 is 2. The predicted octanol–water partition coefficient (Wildman–Crippen LogP) is 1.36. The van der Waals surface area contributed by atoms with Gasteiger partial charge in [-0.25, -0.2) is 13.4 Å². The van der Waals surface area contributed by atoms with Gasteiger partial charge >= 0.3 is 6.01 Å². The van der Waals surface area contributed by atoms with E-state index < -0.39 is 10.0 Å². The highest BCUT2D eigenvalue weighted by Gasteiger charge is 2.18. The highest BCUT2D eigenvalue weighted by Crippen LogP contribution is 2.26. The second kappa shape index (κ2) is 6.69. The van der Waals surface area contributed by atoms with Crippen molar-refractivity contribution >= 4 is 21.5 Å². The molecule has 0 unspecified atom stereocenters. The van der Waals surface area contributed by atoms with Gasteiger partial charge in [0, 0.05) is 14.1 Å². The summed E-state index contributed by atoms with van der Waals surface area (Å²) in [6.45, 7) is 0. The van der Waals surface area contributed by atoms with Crippen LogP contribution in [0.15, 0.2) is 35.4 Å². The second-order valence-electron chi connectivity index (χ2n) is 4.77. The Morgan fingerprint density at radius 3 is 2.26 bits per heavy atom. The fraction of sp³-hybridized carbons (Fsp3) is 0.286. The molecule has 0 bridgehead atoms. The summed E-state index contributed by atoms with van der Waals surface area (Å²) in [4.78, 5) is 9.85. The first-order valence-corrected chi connectivity index (χ1v) is 8.11. The van der Waals surface area contributed by atoms with E-state index in [2.05, 4.69) is 14.7 Å². The van der Waals surface area contributed by atoms with Gasteiger partial charge in [0.15, 0.2) is 5.82 Å². The van der Waals surface area contributed by atoms with E-state index >= 15 is 0 Å². The van der Waals surface area contributed by atoms with Crippen molar-refractivity contribution in [2.24, 2.45) is 0 Å². The van der Waals surface area contributed by atoms with Crippen LogP contribution in [0.25, 0.3) is 0 Å². The summed E-state index contributed by atoms with van der Waals surface area (Å²) >= 11 is 0. The van der Waals surface area contributed by atoms with Crippen LogP contribution in [0, 0.1) is 0 Å². The molecule has 1 aromatic heterocycles. The molecule has 0 fully saturated rings. The minimum absolute atomic E-state index is 0.110. The number of aromatic nitrogens is 2. The zero-order valence-corrected chi connectivity index (χ0v) is 14.1. The number of nitrogens with one attached hydrogen (secondary N) is 1. The van der Waals surface area contributed by atoms with Gasteiger partial charge in [-0.15, -0.1) is 0 Å². The van der Waals surface area contributed by atoms with Crippen LogP contribution in [0.3, 0.4) is 0 Å². The lowest BCUT2D eigenvalue weighted by Gasteiger charge is -2.17. The van der Waals surface area contributed by atoms with Gasteiger partial charge in [0.25, 0.3) is 10.0 Å². The van der Waals surface area contributed by atoms with Crippen molar-refractivity contribution in [1.82, 2.24) is 9.97 Å². The van der Waals surface area contributed by atoms with E-state index in [9.17, 15) is 8.42 Å². The maximum atomic E-state index is 12.5. The number of nitrogens with zero attached hydrogens (tertiary/aromatic N) is 3. The SMILES string of the molecule is COc1ccc(S(=O)(=O)Nc2cnc(OC)nc2N(C)C)cc1. The molecule has 0 aliphatic heterocycles. The lowest BCUT2D eigenvalue weighted by Crippen LogP contribution is -2.19. The number of anilines is 2. The summed E-state index contributed by atoms with van der Waals surface area (Å²) in [6.07, 6.45) is 1.36. The van der Waals surface area contributed by atoms with E-state index in [1.807, 2.05) is 0 Å². The van der Waals surface area contributed by atoms with Crippen LogP contribution >= 0.6 is 0 Å². The van der Waals surface area contributed by atoms with Crippen LogP contribution in [0.2, 0.25) is 0 Å². The molecule has 8 nitrogen and oxygen atoms in total. The van der Waals surface area contributed by atoms with Crippen molar-refractivity contribution in [3.63, 3.8) is 0 Å². The van der Waals surface area contributed by atoms with Gasteiger partial charge in [0.2, 0.25) is 0 Å². The molecule has 9 heteroatoms. The van der Waals surface area contributed by atoms with Gasteiger partial charge in [0.05, 0.1) is 25.3 Å². The summed E-state index contributed by atoms with van der Waals surface area (Å²) in [5.41, 5.74) is 0.256. The number of hydrogen-bond acceptors (Lipinski definition) is 7. The van der Waals surface area contributed by atoms with Gasteiger partial charge in [-0.1, -0.05) is 0 Å². The molecule has 0 saturated heterocycles. The van der Waals surface area contributed by atoms with Crippen LogP contribution in [0.5, 0.6) is 11.8 Å². The molecule has 0 aliphatic rings. The van der Waals surface area contributed by atoms with Gasteiger partial charge < -0.3 is 14.4 Å². The number of rotatable bonds is 6. The molecule has 1 aromatic carbocycles. The summed E-state index contributed by atoms with van der Waals surface area (Å²) < 4.78 is 37.4. The Morgan fingerprint density at radius 1 is 1.09 bits per heavy atom. The van der Waals surface area contributed by atoms with Gasteiger partial charge in [0.1, 0.15) is 11.4 Å². The molecule has 124 valence electrons. The Balaban J connectivity index is 2.36. The molecule has 1 N–H and O–H groups in total. The predicted molar refractivity (Wildman–Crippen MR) is 86.7 cm³/mol. The maximum absolute atomic E-state index is 12.5. The Kier molecular flexibility index (Phi) is 4.89. The summed E-state index contributed by atoms with van der Waals surface area (Å²) in [5, 5.41) is 0. The monoisotopic (exact) mass is 338 g/mol. The van der Waals surface area contributed by atoms with Gasteiger partial charge in [-0.3, -0.25) is 4.72 Å². The van der Waals surface area contributed by atoms with Crippen molar-refractivity contribution in [3.05, 3.63) is 30.5 Å². The van der Waals surface area contributed by atoms with Crippen molar-refractivity contribution in [2.45, 2.75) is 4.90 Å². The van der Waals surface area contributed by atoms with Crippen LogP contribution < -0.4 is 19.1 Å². The smallest absolute Gasteiger partial charge is 0.318 e. The van der Waals surface area contributed by atoms with E-state index in [1.54, 1.807) is 31.1 Å². The quantitative estimate of drug-likeness (QED) is 0.850. The molecule has 2 rings (SSSR count). The van der Waals surface area contributed by atoms with Crippen LogP contribution in [-0.2, 0) is 10.0 Å². The zero-order valence-electron chi connectivity index (χ0n) is 13.3. The lowest BCUT2D eigenvalue weighted by molar-refractivity contribution is 0.380. The molecule has 0 amide bonds. The molecular weight excluding hydrogens is 320 g/mol. The maximum Gasteiger partial charge on any atom is 0.318 e. The van der Waals surface area contributed by atoms with E-state index in [0.717, 1.165) is 0 Å². The van der Waals surface area contributed by atoms with Crippen LogP contribution in [0.4, 0.5) is 11.5 Å². The lowest BCUT2D eigenvalue weighted by atomic mass is 10.3. The summed E-state index contributed by atoms with van der Waals surface area (Å²) in [6, 6.07) is 6.22. The first-order valence-electron chi connectivity index (χ1n) is 6.62. The third-order valence-corrected chi connectivity index (χ3v) is 4.35.